The zero-order valence-corrected chi connectivity index (χ0v) is 10.8. The monoisotopic (exact) mass is 243 g/mol. The highest BCUT2D eigenvalue weighted by Gasteiger charge is 2.15. The van der Waals surface area contributed by atoms with Crippen molar-refractivity contribution in [3.63, 3.8) is 0 Å². The summed E-state index contributed by atoms with van der Waals surface area (Å²) < 4.78 is 0. The topological polar surface area (TPSA) is 57.7 Å². The highest BCUT2D eigenvalue weighted by atomic mass is 15.3. The summed E-state index contributed by atoms with van der Waals surface area (Å²) in [5.74, 6) is 0.982. The number of aromatic amines is 1. The molecule has 1 fully saturated rings. The Hall–Kier alpha value is -1.91. The molecule has 2 aromatic heterocycles. The van der Waals surface area contributed by atoms with Gasteiger partial charge in [0.2, 0.25) is 0 Å². The number of aromatic nitrogens is 4. The SMILES string of the molecule is Cc1n[nH]c(C)c1-c1ccc(N2CCCC2)nn1. The maximum Gasteiger partial charge on any atom is 0.151 e. The Bertz CT molecular complexity index is 518. The van der Waals surface area contributed by atoms with Crippen LogP contribution in [0, 0.1) is 13.8 Å². The van der Waals surface area contributed by atoms with Gasteiger partial charge in [0.1, 0.15) is 0 Å². The zero-order valence-electron chi connectivity index (χ0n) is 10.8. The maximum absolute atomic E-state index is 4.34. The van der Waals surface area contributed by atoms with Crippen LogP contribution < -0.4 is 4.90 Å². The van der Waals surface area contributed by atoms with Gasteiger partial charge in [-0.2, -0.15) is 5.10 Å². The molecule has 0 spiro atoms. The molecule has 0 saturated carbocycles. The van der Waals surface area contributed by atoms with E-state index in [0.717, 1.165) is 41.6 Å². The molecular formula is C13H17N5. The lowest BCUT2D eigenvalue weighted by molar-refractivity contribution is 0.895. The fourth-order valence-electron chi connectivity index (χ4n) is 2.50. The van der Waals surface area contributed by atoms with E-state index in [4.69, 9.17) is 0 Å². The molecule has 2 aromatic rings. The molecule has 5 nitrogen and oxygen atoms in total. The van der Waals surface area contributed by atoms with Crippen LogP contribution >= 0.6 is 0 Å². The second kappa shape index (κ2) is 4.40. The Morgan fingerprint density at radius 2 is 1.89 bits per heavy atom. The van der Waals surface area contributed by atoms with Gasteiger partial charge in [-0.15, -0.1) is 10.2 Å². The van der Waals surface area contributed by atoms with Crippen molar-refractivity contribution in [1.82, 2.24) is 20.4 Å². The average molecular weight is 243 g/mol. The van der Waals surface area contributed by atoms with Crippen LogP contribution in [-0.4, -0.2) is 33.5 Å². The van der Waals surface area contributed by atoms with Gasteiger partial charge < -0.3 is 4.90 Å². The molecule has 0 aromatic carbocycles. The minimum atomic E-state index is 0.890. The minimum absolute atomic E-state index is 0.890. The molecule has 1 aliphatic rings. The van der Waals surface area contributed by atoms with Crippen LogP contribution in [-0.2, 0) is 0 Å². The highest BCUT2D eigenvalue weighted by molar-refractivity contribution is 5.64. The molecule has 0 amide bonds. The van der Waals surface area contributed by atoms with E-state index in [1.807, 2.05) is 19.9 Å². The Labute approximate surface area is 106 Å². The van der Waals surface area contributed by atoms with Crippen LogP contribution in [0.4, 0.5) is 5.82 Å². The molecule has 0 radical (unpaired) electrons. The number of H-pyrrole nitrogens is 1. The van der Waals surface area contributed by atoms with E-state index < -0.39 is 0 Å². The van der Waals surface area contributed by atoms with Crippen molar-refractivity contribution in [3.8, 4) is 11.3 Å². The molecule has 3 heterocycles. The Balaban J connectivity index is 1.91. The second-order valence-electron chi connectivity index (χ2n) is 4.78. The van der Waals surface area contributed by atoms with E-state index in [2.05, 4.69) is 31.4 Å². The number of aryl methyl sites for hydroxylation is 2. The summed E-state index contributed by atoms with van der Waals surface area (Å²) in [6.07, 6.45) is 2.51. The summed E-state index contributed by atoms with van der Waals surface area (Å²) in [7, 11) is 0. The smallest absolute Gasteiger partial charge is 0.151 e. The van der Waals surface area contributed by atoms with E-state index in [1.54, 1.807) is 0 Å². The maximum atomic E-state index is 4.34. The molecule has 1 saturated heterocycles. The van der Waals surface area contributed by atoms with Crippen molar-refractivity contribution in [3.05, 3.63) is 23.5 Å². The number of nitrogens with zero attached hydrogens (tertiary/aromatic N) is 4. The zero-order chi connectivity index (χ0) is 12.5. The number of nitrogens with one attached hydrogen (secondary N) is 1. The van der Waals surface area contributed by atoms with Crippen molar-refractivity contribution in [1.29, 1.82) is 0 Å². The number of anilines is 1. The predicted molar refractivity (Wildman–Crippen MR) is 70.5 cm³/mol. The lowest BCUT2D eigenvalue weighted by atomic mass is 10.1. The average Bonchev–Trinajstić information content (AvgIpc) is 3.01. The number of rotatable bonds is 2. The molecule has 0 aliphatic carbocycles. The van der Waals surface area contributed by atoms with Crippen LogP contribution in [0.3, 0.4) is 0 Å². The third-order valence-electron chi connectivity index (χ3n) is 3.46. The predicted octanol–water partition coefficient (Wildman–Crippen LogP) is 2.08. The summed E-state index contributed by atoms with van der Waals surface area (Å²) in [6, 6.07) is 4.09. The molecule has 0 bridgehead atoms. The largest absolute Gasteiger partial charge is 0.355 e. The van der Waals surface area contributed by atoms with Gasteiger partial charge >= 0.3 is 0 Å². The van der Waals surface area contributed by atoms with Gasteiger partial charge in [0.05, 0.1) is 11.4 Å². The van der Waals surface area contributed by atoms with Crippen molar-refractivity contribution >= 4 is 5.82 Å². The fourth-order valence-corrected chi connectivity index (χ4v) is 2.50. The van der Waals surface area contributed by atoms with E-state index in [0.29, 0.717) is 0 Å². The first-order chi connectivity index (χ1) is 8.75. The summed E-state index contributed by atoms with van der Waals surface area (Å²) >= 11 is 0. The first-order valence-corrected chi connectivity index (χ1v) is 6.36. The molecule has 0 atom stereocenters. The van der Waals surface area contributed by atoms with Gasteiger partial charge in [-0.25, -0.2) is 0 Å². The van der Waals surface area contributed by atoms with Crippen LogP contribution in [0.25, 0.3) is 11.3 Å². The molecule has 5 heteroatoms. The third-order valence-corrected chi connectivity index (χ3v) is 3.46. The van der Waals surface area contributed by atoms with Crippen LogP contribution in [0.15, 0.2) is 12.1 Å². The van der Waals surface area contributed by atoms with E-state index in [-0.39, 0.29) is 0 Å². The molecule has 0 unspecified atom stereocenters. The summed E-state index contributed by atoms with van der Waals surface area (Å²) in [4.78, 5) is 2.28. The number of hydrogen-bond acceptors (Lipinski definition) is 4. The first kappa shape index (κ1) is 11.2. The van der Waals surface area contributed by atoms with Gasteiger partial charge in [-0.05, 0) is 38.8 Å². The van der Waals surface area contributed by atoms with Crippen molar-refractivity contribution < 1.29 is 0 Å². The van der Waals surface area contributed by atoms with Crippen molar-refractivity contribution in [2.45, 2.75) is 26.7 Å². The van der Waals surface area contributed by atoms with Gasteiger partial charge in [-0.3, -0.25) is 5.10 Å². The van der Waals surface area contributed by atoms with E-state index in [1.165, 1.54) is 12.8 Å². The molecule has 18 heavy (non-hydrogen) atoms. The highest BCUT2D eigenvalue weighted by Crippen LogP contribution is 2.24. The van der Waals surface area contributed by atoms with E-state index in [9.17, 15) is 0 Å². The van der Waals surface area contributed by atoms with Crippen LogP contribution in [0.5, 0.6) is 0 Å². The third kappa shape index (κ3) is 1.85. The van der Waals surface area contributed by atoms with Crippen molar-refractivity contribution in [2.75, 3.05) is 18.0 Å². The standard InChI is InChI=1S/C13H17N5/c1-9-13(10(2)15-14-9)11-5-6-12(17-16-11)18-7-3-4-8-18/h5-6H,3-4,7-8H2,1-2H3,(H,14,15). The van der Waals surface area contributed by atoms with Gasteiger partial charge in [0.15, 0.2) is 5.82 Å². The van der Waals surface area contributed by atoms with Gasteiger partial charge in [0.25, 0.3) is 0 Å². The quantitative estimate of drug-likeness (QED) is 0.877. The van der Waals surface area contributed by atoms with E-state index >= 15 is 0 Å². The lowest BCUT2D eigenvalue weighted by Crippen LogP contribution is -2.19. The second-order valence-corrected chi connectivity index (χ2v) is 4.78. The van der Waals surface area contributed by atoms with Crippen LogP contribution in [0.2, 0.25) is 0 Å². The Morgan fingerprint density at radius 1 is 1.11 bits per heavy atom. The molecule has 1 N–H and O–H groups in total. The molecule has 94 valence electrons. The van der Waals surface area contributed by atoms with Crippen LogP contribution in [0.1, 0.15) is 24.2 Å². The van der Waals surface area contributed by atoms with Crippen molar-refractivity contribution in [2.24, 2.45) is 0 Å². The summed E-state index contributed by atoms with van der Waals surface area (Å²) in [6.45, 7) is 6.18. The number of hydrogen-bond donors (Lipinski definition) is 1. The fraction of sp³-hybridized carbons (Fsp3) is 0.462. The molecular weight excluding hydrogens is 226 g/mol. The molecule has 3 rings (SSSR count). The van der Waals surface area contributed by atoms with Gasteiger partial charge in [-0.1, -0.05) is 0 Å². The lowest BCUT2D eigenvalue weighted by Gasteiger charge is -2.15. The van der Waals surface area contributed by atoms with Gasteiger partial charge in [0, 0.05) is 24.3 Å². The summed E-state index contributed by atoms with van der Waals surface area (Å²) in [5.41, 5.74) is 3.96. The Kier molecular flexibility index (Phi) is 2.74. The first-order valence-electron chi connectivity index (χ1n) is 6.36. The molecule has 1 aliphatic heterocycles. The normalized spacial score (nSPS) is 15.3. The minimum Gasteiger partial charge on any atom is -0.355 e. The summed E-state index contributed by atoms with van der Waals surface area (Å²) in [5, 5.41) is 15.8. The Morgan fingerprint density at radius 3 is 2.44 bits per heavy atom.